The number of thiol groups is 1. The van der Waals surface area contributed by atoms with Crippen LogP contribution in [0.3, 0.4) is 0 Å². The van der Waals surface area contributed by atoms with Crippen molar-refractivity contribution < 1.29 is 4.79 Å². The third-order valence-electron chi connectivity index (χ3n) is 1.54. The van der Waals surface area contributed by atoms with Crippen LogP contribution >= 0.6 is 12.8 Å². The Morgan fingerprint density at radius 3 is 2.62 bits per heavy atom. The highest BCUT2D eigenvalue weighted by atomic mass is 32.1. The summed E-state index contributed by atoms with van der Waals surface area (Å²) in [4.78, 5) is 19.1. The molecule has 0 aliphatic rings. The van der Waals surface area contributed by atoms with Gasteiger partial charge >= 0.3 is 0 Å². The molecule has 0 unspecified atom stereocenters. The number of nitrogens with one attached hydrogen (secondary N) is 1. The molecule has 13 heavy (non-hydrogen) atoms. The molecule has 70 valence electrons. The lowest BCUT2D eigenvalue weighted by atomic mass is 10.3. The van der Waals surface area contributed by atoms with Crippen molar-refractivity contribution in [3.8, 4) is 0 Å². The number of hydrogen-bond donors (Lipinski definition) is 2. The summed E-state index contributed by atoms with van der Waals surface area (Å²) in [5.41, 5.74) is 0.426. The maximum atomic E-state index is 11.0. The van der Waals surface area contributed by atoms with E-state index in [2.05, 4.69) is 34.4 Å². The molecular weight excluding hydrogens is 186 g/mol. The number of nitrogens with zero attached hydrogens (tertiary/aromatic N) is 2. The van der Waals surface area contributed by atoms with Crippen molar-refractivity contribution in [3.63, 3.8) is 0 Å². The molecule has 0 spiro atoms. The van der Waals surface area contributed by atoms with Crippen molar-refractivity contribution in [2.24, 2.45) is 0 Å². The molecule has 0 fully saturated rings. The predicted octanol–water partition coefficient (Wildman–Crippen LogP) is 1.00. The van der Waals surface area contributed by atoms with E-state index < -0.39 is 0 Å². The van der Waals surface area contributed by atoms with Crippen LogP contribution in [0.1, 0.15) is 29.5 Å². The molecule has 0 saturated heterocycles. The second kappa shape index (κ2) is 4.81. The van der Waals surface area contributed by atoms with Gasteiger partial charge in [-0.1, -0.05) is 19.7 Å². The quantitative estimate of drug-likeness (QED) is 0.711. The molecule has 0 aliphatic heterocycles. The van der Waals surface area contributed by atoms with E-state index in [0.717, 1.165) is 18.7 Å². The summed E-state index contributed by atoms with van der Waals surface area (Å²) in [5.74, 6) is 0.476. The van der Waals surface area contributed by atoms with Crippen LogP contribution < -0.4 is 4.72 Å². The van der Waals surface area contributed by atoms with Gasteiger partial charge < -0.3 is 0 Å². The van der Waals surface area contributed by atoms with Crippen LogP contribution in [0.2, 0.25) is 0 Å². The Balaban J connectivity index is 2.75. The second-order valence-corrected chi connectivity index (χ2v) is 2.80. The van der Waals surface area contributed by atoms with E-state index in [1.165, 1.54) is 12.4 Å². The van der Waals surface area contributed by atoms with Gasteiger partial charge in [0.25, 0.3) is 5.91 Å². The lowest BCUT2D eigenvalue weighted by Crippen LogP contribution is -2.13. The predicted molar refractivity (Wildman–Crippen MR) is 52.5 cm³/mol. The normalized spacial score (nSPS) is 9.69. The number of aromatic nitrogens is 2. The van der Waals surface area contributed by atoms with Gasteiger partial charge in [0, 0.05) is 18.8 Å². The monoisotopic (exact) mass is 197 g/mol. The van der Waals surface area contributed by atoms with Crippen LogP contribution in [0, 0.1) is 0 Å². The second-order valence-electron chi connectivity index (χ2n) is 2.58. The maximum absolute atomic E-state index is 11.0. The van der Waals surface area contributed by atoms with E-state index in [9.17, 15) is 4.79 Å². The molecule has 4 nitrogen and oxygen atoms in total. The fourth-order valence-electron chi connectivity index (χ4n) is 0.889. The summed E-state index contributed by atoms with van der Waals surface area (Å²) in [7, 11) is 0. The van der Waals surface area contributed by atoms with Gasteiger partial charge in [0.15, 0.2) is 0 Å². The van der Waals surface area contributed by atoms with Crippen molar-refractivity contribution in [2.45, 2.75) is 19.8 Å². The van der Waals surface area contributed by atoms with Crippen molar-refractivity contribution in [1.82, 2.24) is 14.7 Å². The van der Waals surface area contributed by atoms with E-state index in [-0.39, 0.29) is 5.91 Å². The topological polar surface area (TPSA) is 54.9 Å². The van der Waals surface area contributed by atoms with Gasteiger partial charge in [-0.25, -0.2) is 9.97 Å². The first-order chi connectivity index (χ1) is 6.27. The highest BCUT2D eigenvalue weighted by Gasteiger charge is 2.03. The minimum absolute atomic E-state index is 0.286. The lowest BCUT2D eigenvalue weighted by Gasteiger charge is -1.99. The van der Waals surface area contributed by atoms with Crippen molar-refractivity contribution >= 4 is 18.7 Å². The summed E-state index contributed by atoms with van der Waals surface area (Å²) >= 11 is 3.64. The zero-order valence-corrected chi connectivity index (χ0v) is 8.21. The molecule has 0 aliphatic carbocycles. The Labute approximate surface area is 82.3 Å². The Kier molecular flexibility index (Phi) is 3.70. The minimum atomic E-state index is -0.286. The molecule has 1 amide bonds. The molecule has 5 heteroatoms. The lowest BCUT2D eigenvalue weighted by molar-refractivity contribution is 0.0984. The largest absolute Gasteiger partial charge is 0.299 e. The van der Waals surface area contributed by atoms with Crippen LogP contribution in [0.25, 0.3) is 0 Å². The van der Waals surface area contributed by atoms with Crippen molar-refractivity contribution in [1.29, 1.82) is 0 Å². The number of aryl methyl sites for hydroxylation is 1. The van der Waals surface area contributed by atoms with Gasteiger partial charge in [-0.15, -0.1) is 0 Å². The van der Waals surface area contributed by atoms with E-state index in [4.69, 9.17) is 0 Å². The average Bonchev–Trinajstić information content (AvgIpc) is 2.18. The summed E-state index contributed by atoms with van der Waals surface area (Å²) in [6.45, 7) is 2.05. The van der Waals surface area contributed by atoms with Crippen molar-refractivity contribution in [3.05, 3.63) is 23.8 Å². The van der Waals surface area contributed by atoms with E-state index in [0.29, 0.717) is 5.56 Å². The highest BCUT2D eigenvalue weighted by Crippen LogP contribution is 1.98. The summed E-state index contributed by atoms with van der Waals surface area (Å²) < 4.78 is 2.21. The highest BCUT2D eigenvalue weighted by molar-refractivity contribution is 7.78. The number of amides is 1. The molecule has 0 bridgehead atoms. The molecular formula is C8H11N3OS. The Morgan fingerprint density at radius 2 is 2.15 bits per heavy atom. The molecule has 1 aromatic heterocycles. The smallest absolute Gasteiger partial charge is 0.264 e. The number of carbonyl (C=O) groups excluding carboxylic acids is 1. The minimum Gasteiger partial charge on any atom is -0.299 e. The first-order valence-corrected chi connectivity index (χ1v) is 4.48. The molecule has 1 rings (SSSR count). The Morgan fingerprint density at radius 1 is 1.54 bits per heavy atom. The van der Waals surface area contributed by atoms with Crippen LogP contribution in [-0.2, 0) is 6.42 Å². The summed E-state index contributed by atoms with van der Waals surface area (Å²) in [5, 5.41) is 0. The molecule has 0 radical (unpaired) electrons. The molecule has 0 aromatic carbocycles. The summed E-state index contributed by atoms with van der Waals surface area (Å²) in [6.07, 6.45) is 4.84. The fraction of sp³-hybridized carbons (Fsp3) is 0.375. The average molecular weight is 197 g/mol. The maximum Gasteiger partial charge on any atom is 0.264 e. The van der Waals surface area contributed by atoms with Gasteiger partial charge in [-0.3, -0.25) is 9.52 Å². The Hall–Kier alpha value is -1.10. The molecule has 1 aromatic rings. The SMILES string of the molecule is CCCc1ncc(C(=O)NS)cn1. The van der Waals surface area contributed by atoms with Crippen LogP contribution in [0.15, 0.2) is 12.4 Å². The standard InChI is InChI=1S/C8H11N3OS/c1-2-3-7-9-4-6(5-10-7)8(12)11-13/h4-5,13H,2-3H2,1H3,(H,11,12). The van der Waals surface area contributed by atoms with E-state index in [1.807, 2.05) is 0 Å². The molecule has 0 atom stereocenters. The summed E-state index contributed by atoms with van der Waals surface area (Å²) in [6, 6.07) is 0. The van der Waals surface area contributed by atoms with Crippen molar-refractivity contribution in [2.75, 3.05) is 0 Å². The molecule has 0 saturated carbocycles. The van der Waals surface area contributed by atoms with E-state index in [1.54, 1.807) is 0 Å². The molecule has 1 heterocycles. The van der Waals surface area contributed by atoms with Gasteiger partial charge in [0.2, 0.25) is 0 Å². The van der Waals surface area contributed by atoms with Gasteiger partial charge in [-0.2, -0.15) is 0 Å². The van der Waals surface area contributed by atoms with Gasteiger partial charge in [0.1, 0.15) is 5.82 Å². The first-order valence-electron chi connectivity index (χ1n) is 4.03. The van der Waals surface area contributed by atoms with E-state index >= 15 is 0 Å². The number of carbonyl (C=O) groups is 1. The fourth-order valence-corrected chi connectivity index (χ4v) is 1.02. The van der Waals surface area contributed by atoms with Crippen LogP contribution in [0.5, 0.6) is 0 Å². The zero-order chi connectivity index (χ0) is 9.68. The zero-order valence-electron chi connectivity index (χ0n) is 7.32. The third-order valence-corrected chi connectivity index (χ3v) is 1.75. The molecule has 1 N–H and O–H groups in total. The number of hydrogen-bond acceptors (Lipinski definition) is 4. The third kappa shape index (κ3) is 2.69. The van der Waals surface area contributed by atoms with Gasteiger partial charge in [-0.05, 0) is 6.42 Å². The van der Waals surface area contributed by atoms with Crippen LogP contribution in [-0.4, -0.2) is 15.9 Å². The van der Waals surface area contributed by atoms with Gasteiger partial charge in [0.05, 0.1) is 5.56 Å². The Bertz CT molecular complexity index is 286. The first kappa shape index (κ1) is 9.98. The van der Waals surface area contributed by atoms with Crippen LogP contribution in [0.4, 0.5) is 0 Å². The number of rotatable bonds is 3.